The average molecular weight is 425 g/mol. The molecule has 4 rings (SSSR count). The van der Waals surface area contributed by atoms with Gasteiger partial charge in [0.1, 0.15) is 17.5 Å². The van der Waals surface area contributed by atoms with E-state index in [0.29, 0.717) is 12.5 Å². The number of fused-ring (bicyclic) bond motifs is 1. The number of nitrogens with one attached hydrogen (secondary N) is 2. The van der Waals surface area contributed by atoms with Gasteiger partial charge in [-0.15, -0.1) is 0 Å². The van der Waals surface area contributed by atoms with E-state index in [0.717, 1.165) is 54.2 Å². The summed E-state index contributed by atoms with van der Waals surface area (Å²) in [5, 5.41) is 7.22. The number of aromatic nitrogens is 2. The normalized spacial score (nSPS) is 18.2. The van der Waals surface area contributed by atoms with E-state index in [1.54, 1.807) is 0 Å². The molecule has 0 bridgehead atoms. The highest BCUT2D eigenvalue weighted by Gasteiger charge is 2.26. The lowest BCUT2D eigenvalue weighted by Crippen LogP contribution is -2.29. The molecule has 8 heteroatoms. The van der Waals surface area contributed by atoms with Crippen LogP contribution in [0.1, 0.15) is 29.6 Å². The molecule has 0 saturated heterocycles. The van der Waals surface area contributed by atoms with Gasteiger partial charge in [-0.1, -0.05) is 12.1 Å². The minimum absolute atomic E-state index is 0.00838. The maximum atomic E-state index is 13.3. The number of hydrogen-bond acceptors (Lipinski definition) is 5. The summed E-state index contributed by atoms with van der Waals surface area (Å²) in [6.07, 6.45) is 2.72. The zero-order chi connectivity index (χ0) is 22.0. The number of amides is 1. The van der Waals surface area contributed by atoms with Crippen LogP contribution in [0.25, 0.3) is 10.9 Å². The predicted molar refractivity (Wildman–Crippen MR) is 117 cm³/mol. The van der Waals surface area contributed by atoms with Crippen molar-refractivity contribution in [1.29, 1.82) is 0 Å². The second-order valence-electron chi connectivity index (χ2n) is 8.17. The Balaban J connectivity index is 1.37. The summed E-state index contributed by atoms with van der Waals surface area (Å²) in [5.74, 6) is -0.271. The average Bonchev–Trinajstić information content (AvgIpc) is 3.17. The summed E-state index contributed by atoms with van der Waals surface area (Å²) in [6, 6.07) is 10.9. The van der Waals surface area contributed by atoms with Crippen molar-refractivity contribution < 1.29 is 13.6 Å². The van der Waals surface area contributed by atoms with Crippen LogP contribution in [0.3, 0.4) is 0 Å². The van der Waals surface area contributed by atoms with Gasteiger partial charge in [-0.2, -0.15) is 4.98 Å². The summed E-state index contributed by atoms with van der Waals surface area (Å²) in [6.45, 7) is 0.455. The largest absolute Gasteiger partial charge is 0.362 e. The molecule has 1 aromatic heterocycles. The second-order valence-corrected chi connectivity index (χ2v) is 8.17. The maximum Gasteiger partial charge on any atom is 0.251 e. The number of benzene rings is 2. The maximum absolute atomic E-state index is 13.3. The first-order valence-corrected chi connectivity index (χ1v) is 10.3. The SMILES string of the molecule is CN(C)c1nc(N[C@H]2CC[C@@H](CNC(=O)c3cc(F)cc(F)c3)C2)nc2ccccc12. The van der Waals surface area contributed by atoms with Crippen LogP contribution in [-0.2, 0) is 0 Å². The number of carbonyl (C=O) groups excluding carboxylic acids is 1. The Morgan fingerprint density at radius 1 is 1.10 bits per heavy atom. The van der Waals surface area contributed by atoms with Gasteiger partial charge in [-0.3, -0.25) is 4.79 Å². The minimum atomic E-state index is -0.761. The van der Waals surface area contributed by atoms with E-state index >= 15 is 0 Å². The Morgan fingerprint density at radius 2 is 1.84 bits per heavy atom. The quantitative estimate of drug-likeness (QED) is 0.625. The van der Waals surface area contributed by atoms with Crippen molar-refractivity contribution in [2.24, 2.45) is 5.92 Å². The van der Waals surface area contributed by atoms with Crippen molar-refractivity contribution in [2.45, 2.75) is 25.3 Å². The first-order valence-electron chi connectivity index (χ1n) is 10.3. The second kappa shape index (κ2) is 8.83. The van der Waals surface area contributed by atoms with Crippen molar-refractivity contribution in [3.05, 3.63) is 59.7 Å². The standard InChI is InChI=1S/C23H25F2N5O/c1-30(2)21-19-5-3-4-6-20(19)28-23(29-21)27-18-8-7-14(9-18)13-26-22(31)15-10-16(24)12-17(25)11-15/h3-6,10-12,14,18H,7-9,13H2,1-2H3,(H,26,31)(H,27,28,29)/t14-,18+/m1/s1. The van der Waals surface area contributed by atoms with Crippen molar-refractivity contribution in [2.75, 3.05) is 30.9 Å². The predicted octanol–water partition coefficient (Wildman–Crippen LogP) is 3.98. The van der Waals surface area contributed by atoms with E-state index in [9.17, 15) is 13.6 Å². The molecule has 1 aliphatic rings. The molecule has 6 nitrogen and oxygen atoms in total. The Labute approximate surface area is 179 Å². The molecule has 2 atom stereocenters. The van der Waals surface area contributed by atoms with Gasteiger partial charge >= 0.3 is 0 Å². The number of rotatable bonds is 6. The molecule has 3 aromatic rings. The first kappa shape index (κ1) is 21.0. The molecule has 31 heavy (non-hydrogen) atoms. The molecule has 2 N–H and O–H groups in total. The summed E-state index contributed by atoms with van der Waals surface area (Å²) < 4.78 is 26.6. The first-order chi connectivity index (χ1) is 14.9. The van der Waals surface area contributed by atoms with E-state index in [2.05, 4.69) is 20.6 Å². The molecular weight excluding hydrogens is 400 g/mol. The van der Waals surface area contributed by atoms with Gasteiger partial charge in [-0.25, -0.2) is 13.8 Å². The zero-order valence-corrected chi connectivity index (χ0v) is 17.5. The van der Waals surface area contributed by atoms with Crippen LogP contribution in [0.4, 0.5) is 20.5 Å². The van der Waals surface area contributed by atoms with Gasteiger partial charge in [0, 0.05) is 43.7 Å². The number of carbonyl (C=O) groups is 1. The summed E-state index contributed by atoms with van der Waals surface area (Å²) in [4.78, 5) is 23.5. The van der Waals surface area contributed by atoms with Gasteiger partial charge < -0.3 is 15.5 Å². The summed E-state index contributed by atoms with van der Waals surface area (Å²) in [7, 11) is 3.91. The molecule has 2 aromatic carbocycles. The van der Waals surface area contributed by atoms with Crippen molar-refractivity contribution >= 4 is 28.6 Å². The number of hydrogen-bond donors (Lipinski definition) is 2. The fourth-order valence-electron chi connectivity index (χ4n) is 4.06. The van der Waals surface area contributed by atoms with Gasteiger partial charge in [0.2, 0.25) is 5.95 Å². The number of nitrogens with zero attached hydrogens (tertiary/aromatic N) is 3. The molecule has 1 fully saturated rings. The minimum Gasteiger partial charge on any atom is -0.362 e. The third-order valence-corrected chi connectivity index (χ3v) is 5.56. The lowest BCUT2D eigenvalue weighted by atomic mass is 10.1. The highest BCUT2D eigenvalue weighted by atomic mass is 19.1. The number of halogens is 2. The van der Waals surface area contributed by atoms with E-state index in [1.807, 2.05) is 43.3 Å². The number of anilines is 2. The van der Waals surface area contributed by atoms with Gasteiger partial charge in [0.15, 0.2) is 0 Å². The fourth-order valence-corrected chi connectivity index (χ4v) is 4.06. The summed E-state index contributed by atoms with van der Waals surface area (Å²) in [5.41, 5.74) is 0.874. The van der Waals surface area contributed by atoms with Crippen LogP contribution in [-0.4, -0.2) is 42.6 Å². The zero-order valence-electron chi connectivity index (χ0n) is 17.5. The fraction of sp³-hybridized carbons (Fsp3) is 0.348. The molecule has 162 valence electrons. The molecule has 1 saturated carbocycles. The third-order valence-electron chi connectivity index (χ3n) is 5.56. The lowest BCUT2D eigenvalue weighted by molar-refractivity contribution is 0.0946. The van der Waals surface area contributed by atoms with E-state index in [4.69, 9.17) is 0 Å². The van der Waals surface area contributed by atoms with Gasteiger partial charge in [0.25, 0.3) is 5.91 Å². The smallest absolute Gasteiger partial charge is 0.251 e. The van der Waals surface area contributed by atoms with Crippen LogP contribution in [0.5, 0.6) is 0 Å². The van der Waals surface area contributed by atoms with Crippen LogP contribution in [0.15, 0.2) is 42.5 Å². The molecule has 0 spiro atoms. The van der Waals surface area contributed by atoms with Crippen LogP contribution >= 0.6 is 0 Å². The Bertz CT molecular complexity index is 1080. The van der Waals surface area contributed by atoms with Crippen LogP contribution < -0.4 is 15.5 Å². The van der Waals surface area contributed by atoms with E-state index in [1.165, 1.54) is 0 Å². The molecule has 0 aliphatic heterocycles. The Morgan fingerprint density at radius 3 is 2.58 bits per heavy atom. The molecule has 0 unspecified atom stereocenters. The third kappa shape index (κ3) is 4.90. The number of para-hydroxylation sites is 1. The Hall–Kier alpha value is -3.29. The van der Waals surface area contributed by atoms with Gasteiger partial charge in [-0.05, 0) is 49.4 Å². The molecule has 1 heterocycles. The van der Waals surface area contributed by atoms with E-state index in [-0.39, 0.29) is 17.5 Å². The van der Waals surface area contributed by atoms with E-state index < -0.39 is 17.5 Å². The topological polar surface area (TPSA) is 70.2 Å². The summed E-state index contributed by atoms with van der Waals surface area (Å²) >= 11 is 0. The monoisotopic (exact) mass is 425 g/mol. The van der Waals surface area contributed by atoms with Crippen LogP contribution in [0, 0.1) is 17.6 Å². The molecule has 1 aliphatic carbocycles. The van der Waals surface area contributed by atoms with Crippen molar-refractivity contribution in [3.63, 3.8) is 0 Å². The highest BCUT2D eigenvalue weighted by molar-refractivity contribution is 5.94. The van der Waals surface area contributed by atoms with Crippen molar-refractivity contribution in [3.8, 4) is 0 Å². The lowest BCUT2D eigenvalue weighted by Gasteiger charge is -2.18. The molecule has 1 amide bonds. The molecule has 0 radical (unpaired) electrons. The molecular formula is C23H25F2N5O. The highest BCUT2D eigenvalue weighted by Crippen LogP contribution is 2.29. The van der Waals surface area contributed by atoms with Gasteiger partial charge in [0.05, 0.1) is 5.52 Å². The van der Waals surface area contributed by atoms with Crippen LogP contribution in [0.2, 0.25) is 0 Å². The Kier molecular flexibility index (Phi) is 5.97. The van der Waals surface area contributed by atoms with Crippen molar-refractivity contribution in [1.82, 2.24) is 15.3 Å².